The highest BCUT2D eigenvalue weighted by Gasteiger charge is 2.01. The maximum Gasteiger partial charge on any atom is 0.236 e. The highest BCUT2D eigenvalue weighted by Crippen LogP contribution is 1.76. The van der Waals surface area contributed by atoms with Gasteiger partial charge >= 0.3 is 0 Å². The van der Waals surface area contributed by atoms with Crippen LogP contribution >= 0.6 is 0 Å². The van der Waals surface area contributed by atoms with Gasteiger partial charge in [0.25, 0.3) is 0 Å². The highest BCUT2D eigenvalue weighted by molar-refractivity contribution is 5.77. The monoisotopic (exact) mass is 203 g/mol. The normalized spacial score (nSPS) is 9.36. The number of amides is 1. The lowest BCUT2D eigenvalue weighted by Crippen LogP contribution is -2.36. The SMILES string of the molecule is CC.CN(C)CCNCC(=O)N(C)C. The van der Waals surface area contributed by atoms with Gasteiger partial charge in [0.05, 0.1) is 6.54 Å². The number of carbonyl (C=O) groups is 1. The van der Waals surface area contributed by atoms with E-state index < -0.39 is 0 Å². The minimum absolute atomic E-state index is 0.119. The standard InChI is InChI=1S/C8H19N3O.C2H6/c1-10(2)6-5-9-7-8(12)11(3)4;1-2/h9H,5-7H2,1-4H3;1-2H3. The van der Waals surface area contributed by atoms with Crippen LogP contribution in [0.3, 0.4) is 0 Å². The average Bonchev–Trinajstić information content (AvgIpc) is 2.15. The zero-order chi connectivity index (χ0) is 11.6. The van der Waals surface area contributed by atoms with Crippen LogP contribution in [-0.2, 0) is 4.79 Å². The Morgan fingerprint density at radius 2 is 1.64 bits per heavy atom. The first-order valence-corrected chi connectivity index (χ1v) is 5.09. The van der Waals surface area contributed by atoms with Crippen LogP contribution in [0.2, 0.25) is 0 Å². The Labute approximate surface area is 88.3 Å². The van der Waals surface area contributed by atoms with Gasteiger partial charge in [0.1, 0.15) is 0 Å². The van der Waals surface area contributed by atoms with E-state index in [2.05, 4.69) is 10.2 Å². The largest absolute Gasteiger partial charge is 0.348 e. The second kappa shape index (κ2) is 10.5. The van der Waals surface area contributed by atoms with E-state index in [1.54, 1.807) is 19.0 Å². The summed E-state index contributed by atoms with van der Waals surface area (Å²) in [4.78, 5) is 14.7. The maximum absolute atomic E-state index is 11.0. The van der Waals surface area contributed by atoms with Gasteiger partial charge in [-0.1, -0.05) is 13.8 Å². The molecule has 0 saturated carbocycles. The molecule has 0 aliphatic rings. The van der Waals surface area contributed by atoms with Crippen LogP contribution in [0.5, 0.6) is 0 Å². The summed E-state index contributed by atoms with van der Waals surface area (Å²) < 4.78 is 0. The smallest absolute Gasteiger partial charge is 0.236 e. The third-order valence-corrected chi connectivity index (χ3v) is 1.51. The van der Waals surface area contributed by atoms with Crippen LogP contribution in [0, 0.1) is 0 Å². The van der Waals surface area contributed by atoms with Gasteiger partial charge in [-0.3, -0.25) is 4.79 Å². The second-order valence-corrected chi connectivity index (χ2v) is 3.27. The summed E-state index contributed by atoms with van der Waals surface area (Å²) in [5.41, 5.74) is 0. The fourth-order valence-electron chi connectivity index (χ4n) is 0.656. The molecule has 0 aliphatic carbocycles. The van der Waals surface area contributed by atoms with Crippen molar-refractivity contribution in [3.63, 3.8) is 0 Å². The Bertz CT molecular complexity index is 135. The molecule has 86 valence electrons. The molecule has 1 N–H and O–H groups in total. The summed E-state index contributed by atoms with van der Waals surface area (Å²) in [5, 5.41) is 3.06. The zero-order valence-electron chi connectivity index (χ0n) is 10.4. The van der Waals surface area contributed by atoms with Gasteiger partial charge in [0, 0.05) is 27.2 Å². The first-order chi connectivity index (χ1) is 6.54. The molecular weight excluding hydrogens is 178 g/mol. The molecule has 4 heteroatoms. The van der Waals surface area contributed by atoms with Crippen molar-refractivity contribution >= 4 is 5.91 Å². The maximum atomic E-state index is 11.0. The van der Waals surface area contributed by atoms with Crippen molar-refractivity contribution in [3.05, 3.63) is 0 Å². The van der Waals surface area contributed by atoms with E-state index in [4.69, 9.17) is 0 Å². The topological polar surface area (TPSA) is 35.6 Å². The summed E-state index contributed by atoms with van der Waals surface area (Å²) in [6.45, 7) is 6.24. The Morgan fingerprint density at radius 1 is 1.14 bits per heavy atom. The molecule has 0 atom stereocenters. The molecule has 0 aliphatic heterocycles. The number of rotatable bonds is 5. The van der Waals surface area contributed by atoms with Gasteiger partial charge in [0.15, 0.2) is 0 Å². The van der Waals surface area contributed by atoms with Crippen molar-refractivity contribution in [1.82, 2.24) is 15.1 Å². The molecule has 0 unspecified atom stereocenters. The molecule has 0 spiro atoms. The number of carbonyl (C=O) groups excluding carboxylic acids is 1. The van der Waals surface area contributed by atoms with E-state index in [1.807, 2.05) is 27.9 Å². The second-order valence-electron chi connectivity index (χ2n) is 3.27. The van der Waals surface area contributed by atoms with Crippen molar-refractivity contribution in [2.45, 2.75) is 13.8 Å². The first kappa shape index (κ1) is 15.8. The molecule has 0 fully saturated rings. The van der Waals surface area contributed by atoms with E-state index in [0.717, 1.165) is 13.1 Å². The van der Waals surface area contributed by atoms with Gasteiger partial charge in [-0.25, -0.2) is 0 Å². The molecule has 0 saturated heterocycles. The molecule has 0 bridgehead atoms. The van der Waals surface area contributed by atoms with Gasteiger partial charge in [0.2, 0.25) is 5.91 Å². The molecule has 0 heterocycles. The third-order valence-electron chi connectivity index (χ3n) is 1.51. The third kappa shape index (κ3) is 11.4. The number of likely N-dealkylation sites (N-methyl/N-ethyl adjacent to an activating group) is 2. The van der Waals surface area contributed by atoms with E-state index in [9.17, 15) is 4.79 Å². The summed E-state index contributed by atoms with van der Waals surface area (Å²) in [6, 6.07) is 0. The lowest BCUT2D eigenvalue weighted by molar-refractivity contribution is -0.127. The summed E-state index contributed by atoms with van der Waals surface area (Å²) in [5.74, 6) is 0.119. The molecular formula is C10H25N3O. The van der Waals surface area contributed by atoms with Crippen molar-refractivity contribution in [2.24, 2.45) is 0 Å². The molecule has 0 rings (SSSR count). The van der Waals surface area contributed by atoms with Crippen LogP contribution in [0.4, 0.5) is 0 Å². The Balaban J connectivity index is 0. The molecule has 4 nitrogen and oxygen atoms in total. The van der Waals surface area contributed by atoms with Crippen LogP contribution in [0.25, 0.3) is 0 Å². The Kier molecular flexibility index (Phi) is 11.9. The molecule has 0 aromatic carbocycles. The predicted octanol–water partition coefficient (Wildman–Crippen LogP) is 0.252. The van der Waals surface area contributed by atoms with E-state index in [1.165, 1.54) is 0 Å². The van der Waals surface area contributed by atoms with Gasteiger partial charge in [-0.05, 0) is 14.1 Å². The van der Waals surface area contributed by atoms with Gasteiger partial charge in [-0.15, -0.1) is 0 Å². The molecule has 1 amide bonds. The number of nitrogens with one attached hydrogen (secondary N) is 1. The summed E-state index contributed by atoms with van der Waals surface area (Å²) >= 11 is 0. The van der Waals surface area contributed by atoms with E-state index >= 15 is 0 Å². The number of nitrogens with zero attached hydrogens (tertiary/aromatic N) is 2. The van der Waals surface area contributed by atoms with Crippen LogP contribution in [0.1, 0.15) is 13.8 Å². The first-order valence-electron chi connectivity index (χ1n) is 5.09. The van der Waals surface area contributed by atoms with Crippen molar-refractivity contribution in [2.75, 3.05) is 47.8 Å². The molecule has 0 aromatic heterocycles. The van der Waals surface area contributed by atoms with E-state index in [-0.39, 0.29) is 5.91 Å². The Morgan fingerprint density at radius 3 is 2.00 bits per heavy atom. The van der Waals surface area contributed by atoms with Gasteiger partial charge < -0.3 is 15.1 Å². The van der Waals surface area contributed by atoms with Crippen molar-refractivity contribution in [1.29, 1.82) is 0 Å². The quantitative estimate of drug-likeness (QED) is 0.651. The van der Waals surface area contributed by atoms with Crippen LogP contribution < -0.4 is 5.32 Å². The number of hydrogen-bond acceptors (Lipinski definition) is 3. The fraction of sp³-hybridized carbons (Fsp3) is 0.900. The lowest BCUT2D eigenvalue weighted by Gasteiger charge is -2.12. The molecule has 14 heavy (non-hydrogen) atoms. The minimum atomic E-state index is 0.119. The van der Waals surface area contributed by atoms with Gasteiger partial charge in [-0.2, -0.15) is 0 Å². The summed E-state index contributed by atoms with van der Waals surface area (Å²) in [6.07, 6.45) is 0. The molecule has 0 radical (unpaired) electrons. The van der Waals surface area contributed by atoms with Crippen LogP contribution in [-0.4, -0.2) is 63.5 Å². The Hall–Kier alpha value is -0.610. The van der Waals surface area contributed by atoms with Crippen LogP contribution in [0.15, 0.2) is 0 Å². The predicted molar refractivity (Wildman–Crippen MR) is 61.5 cm³/mol. The van der Waals surface area contributed by atoms with Crippen molar-refractivity contribution < 1.29 is 4.79 Å². The highest BCUT2D eigenvalue weighted by atomic mass is 16.2. The minimum Gasteiger partial charge on any atom is -0.348 e. The van der Waals surface area contributed by atoms with Crippen molar-refractivity contribution in [3.8, 4) is 0 Å². The zero-order valence-corrected chi connectivity index (χ0v) is 10.4. The lowest BCUT2D eigenvalue weighted by atomic mass is 10.5. The van der Waals surface area contributed by atoms with E-state index in [0.29, 0.717) is 6.54 Å². The number of hydrogen-bond donors (Lipinski definition) is 1. The molecule has 0 aromatic rings. The fourth-order valence-corrected chi connectivity index (χ4v) is 0.656. The summed E-state index contributed by atoms with van der Waals surface area (Å²) in [7, 11) is 7.54. The average molecular weight is 203 g/mol.